The first-order chi connectivity index (χ1) is 12.7. The Kier molecular flexibility index (Phi) is 8.78. The Hall–Kier alpha value is -1.39. The van der Waals surface area contributed by atoms with E-state index in [4.69, 9.17) is 4.99 Å². The quantitative estimate of drug-likeness (QED) is 0.386. The summed E-state index contributed by atoms with van der Waals surface area (Å²) in [5.41, 5.74) is 0. The number of amides is 1. The van der Waals surface area contributed by atoms with Crippen molar-refractivity contribution in [1.82, 2.24) is 29.9 Å². The van der Waals surface area contributed by atoms with Crippen LogP contribution in [0.1, 0.15) is 45.4 Å². The summed E-state index contributed by atoms with van der Waals surface area (Å²) >= 11 is 0. The van der Waals surface area contributed by atoms with Crippen molar-refractivity contribution in [1.29, 1.82) is 0 Å². The first-order valence-corrected chi connectivity index (χ1v) is 9.85. The van der Waals surface area contributed by atoms with Gasteiger partial charge in [-0.1, -0.05) is 19.8 Å². The number of carbonyl (C=O) groups excluding carboxylic acids is 1. The molecule has 8 nitrogen and oxygen atoms in total. The number of carbonyl (C=O) groups is 1. The molecule has 0 radical (unpaired) electrons. The monoisotopic (exact) mass is 489 g/mol. The standard InChI is InChI=1S/C18H31N7O.HI/c1-3-17-22-20-14-25(17)9-8-19-18(21-16-6-4-5-7-16)24-12-10-23(11-13-24)15(2)26;/h14,16H,3-13H2,1-2H3,(H,19,21);1H. The maximum Gasteiger partial charge on any atom is 0.219 e. The summed E-state index contributed by atoms with van der Waals surface area (Å²) in [6.45, 7) is 8.44. The predicted octanol–water partition coefficient (Wildman–Crippen LogP) is 1.51. The second-order valence-corrected chi connectivity index (χ2v) is 7.12. The van der Waals surface area contributed by atoms with Crippen molar-refractivity contribution in [3.63, 3.8) is 0 Å². The van der Waals surface area contributed by atoms with Crippen molar-refractivity contribution in [2.45, 2.75) is 58.5 Å². The van der Waals surface area contributed by atoms with Crippen LogP contribution in [0.2, 0.25) is 0 Å². The van der Waals surface area contributed by atoms with Crippen LogP contribution in [-0.4, -0.2) is 75.2 Å². The Labute approximate surface area is 178 Å². The number of halogens is 1. The van der Waals surface area contributed by atoms with E-state index in [-0.39, 0.29) is 29.9 Å². The molecule has 0 bridgehead atoms. The van der Waals surface area contributed by atoms with Gasteiger partial charge in [0, 0.05) is 52.1 Å². The number of piperazine rings is 1. The van der Waals surface area contributed by atoms with Crippen molar-refractivity contribution in [2.75, 3.05) is 32.7 Å². The normalized spacial score (nSPS) is 18.5. The lowest BCUT2D eigenvalue weighted by molar-refractivity contribution is -0.130. The Morgan fingerprint density at radius 2 is 1.89 bits per heavy atom. The van der Waals surface area contributed by atoms with Gasteiger partial charge in [0.25, 0.3) is 0 Å². The fourth-order valence-electron chi connectivity index (χ4n) is 3.73. The SMILES string of the molecule is CCc1nncn1CCN=C(NC1CCCC1)N1CCN(C(C)=O)CC1.I. The highest BCUT2D eigenvalue weighted by Gasteiger charge is 2.24. The lowest BCUT2D eigenvalue weighted by Gasteiger charge is -2.37. The fourth-order valence-corrected chi connectivity index (χ4v) is 3.73. The zero-order chi connectivity index (χ0) is 18.4. The molecule has 1 aromatic heterocycles. The molecule has 0 spiro atoms. The van der Waals surface area contributed by atoms with E-state index in [2.05, 4.69) is 31.9 Å². The van der Waals surface area contributed by atoms with E-state index in [1.54, 1.807) is 13.3 Å². The molecular formula is C18H32IN7O. The molecule has 152 valence electrons. The van der Waals surface area contributed by atoms with E-state index in [0.717, 1.165) is 50.9 Å². The summed E-state index contributed by atoms with van der Waals surface area (Å²) < 4.78 is 2.07. The number of guanidine groups is 1. The minimum Gasteiger partial charge on any atom is -0.354 e. The van der Waals surface area contributed by atoms with E-state index < -0.39 is 0 Å². The van der Waals surface area contributed by atoms with E-state index >= 15 is 0 Å². The summed E-state index contributed by atoms with van der Waals surface area (Å²) in [6.07, 6.45) is 7.69. The average molecular weight is 489 g/mol. The molecule has 2 heterocycles. The molecule has 27 heavy (non-hydrogen) atoms. The molecule has 1 saturated carbocycles. The van der Waals surface area contributed by atoms with Gasteiger partial charge in [0.2, 0.25) is 5.91 Å². The number of rotatable bonds is 5. The van der Waals surface area contributed by atoms with Crippen molar-refractivity contribution in [3.8, 4) is 0 Å². The molecule has 9 heteroatoms. The summed E-state index contributed by atoms with van der Waals surface area (Å²) in [6, 6.07) is 0.528. The molecule has 1 N–H and O–H groups in total. The van der Waals surface area contributed by atoms with Crippen molar-refractivity contribution >= 4 is 35.8 Å². The zero-order valence-electron chi connectivity index (χ0n) is 16.4. The molecule has 0 aromatic carbocycles. The maximum absolute atomic E-state index is 11.6. The lowest BCUT2D eigenvalue weighted by Crippen LogP contribution is -2.54. The third-order valence-electron chi connectivity index (χ3n) is 5.33. The minimum absolute atomic E-state index is 0. The van der Waals surface area contributed by atoms with Gasteiger partial charge in [0.1, 0.15) is 12.2 Å². The van der Waals surface area contributed by atoms with Crippen molar-refractivity contribution < 1.29 is 4.79 Å². The Bertz CT molecular complexity index is 619. The van der Waals surface area contributed by atoms with Gasteiger partial charge in [-0.05, 0) is 12.8 Å². The van der Waals surface area contributed by atoms with E-state index in [0.29, 0.717) is 12.6 Å². The highest BCUT2D eigenvalue weighted by atomic mass is 127. The molecule has 1 amide bonds. The molecule has 0 unspecified atom stereocenters. The Morgan fingerprint density at radius 3 is 2.52 bits per heavy atom. The van der Waals surface area contributed by atoms with Crippen LogP contribution in [0.4, 0.5) is 0 Å². The van der Waals surface area contributed by atoms with Crippen LogP contribution in [0.15, 0.2) is 11.3 Å². The molecule has 1 aromatic rings. The van der Waals surface area contributed by atoms with Gasteiger partial charge in [-0.25, -0.2) is 0 Å². The number of hydrogen-bond donors (Lipinski definition) is 1. The van der Waals surface area contributed by atoms with Crippen LogP contribution in [-0.2, 0) is 17.8 Å². The largest absolute Gasteiger partial charge is 0.354 e. The van der Waals surface area contributed by atoms with Crippen molar-refractivity contribution in [3.05, 3.63) is 12.2 Å². The first kappa shape index (κ1) is 21.9. The second-order valence-electron chi connectivity index (χ2n) is 7.12. The van der Waals surface area contributed by atoms with Gasteiger partial charge in [-0.15, -0.1) is 34.2 Å². The van der Waals surface area contributed by atoms with Crippen LogP contribution in [0.25, 0.3) is 0 Å². The molecule has 2 aliphatic rings. The molecule has 2 fully saturated rings. The number of aliphatic imine (C=N–C) groups is 1. The van der Waals surface area contributed by atoms with Gasteiger partial charge < -0.3 is 19.7 Å². The smallest absolute Gasteiger partial charge is 0.219 e. The molecular weight excluding hydrogens is 457 g/mol. The topological polar surface area (TPSA) is 78.7 Å². The average Bonchev–Trinajstić information content (AvgIpc) is 3.32. The van der Waals surface area contributed by atoms with Crippen LogP contribution in [0, 0.1) is 0 Å². The summed E-state index contributed by atoms with van der Waals surface area (Å²) in [4.78, 5) is 20.7. The molecule has 1 aliphatic heterocycles. The van der Waals surface area contributed by atoms with Gasteiger partial charge in [-0.3, -0.25) is 9.79 Å². The number of nitrogens with one attached hydrogen (secondary N) is 1. The third kappa shape index (κ3) is 6.05. The van der Waals surface area contributed by atoms with Gasteiger partial charge in [0.05, 0.1) is 6.54 Å². The third-order valence-corrected chi connectivity index (χ3v) is 5.33. The van der Waals surface area contributed by atoms with Gasteiger partial charge in [0.15, 0.2) is 5.96 Å². The summed E-state index contributed by atoms with van der Waals surface area (Å²) in [5.74, 6) is 2.15. The molecule has 1 aliphatic carbocycles. The lowest BCUT2D eigenvalue weighted by atomic mass is 10.2. The number of aryl methyl sites for hydroxylation is 1. The van der Waals surface area contributed by atoms with E-state index in [9.17, 15) is 4.79 Å². The first-order valence-electron chi connectivity index (χ1n) is 9.85. The number of hydrogen-bond acceptors (Lipinski definition) is 4. The molecule has 0 atom stereocenters. The summed E-state index contributed by atoms with van der Waals surface area (Å²) in [5, 5.41) is 11.8. The van der Waals surface area contributed by atoms with Crippen molar-refractivity contribution in [2.24, 2.45) is 4.99 Å². The van der Waals surface area contributed by atoms with Crippen LogP contribution >= 0.6 is 24.0 Å². The van der Waals surface area contributed by atoms with Crippen LogP contribution in [0.3, 0.4) is 0 Å². The van der Waals surface area contributed by atoms with Gasteiger partial charge in [-0.2, -0.15) is 0 Å². The highest BCUT2D eigenvalue weighted by Crippen LogP contribution is 2.18. The molecule has 1 saturated heterocycles. The minimum atomic E-state index is 0. The zero-order valence-corrected chi connectivity index (χ0v) is 18.8. The Morgan fingerprint density at radius 1 is 1.22 bits per heavy atom. The number of aromatic nitrogens is 3. The Balaban J connectivity index is 0.00000261. The maximum atomic E-state index is 11.6. The van der Waals surface area contributed by atoms with E-state index in [1.165, 1.54) is 25.7 Å². The van der Waals surface area contributed by atoms with Crippen LogP contribution < -0.4 is 5.32 Å². The number of nitrogens with zero attached hydrogens (tertiary/aromatic N) is 6. The van der Waals surface area contributed by atoms with Gasteiger partial charge >= 0.3 is 0 Å². The predicted molar refractivity (Wildman–Crippen MR) is 116 cm³/mol. The van der Waals surface area contributed by atoms with E-state index in [1.807, 2.05) is 4.90 Å². The second kappa shape index (κ2) is 10.8. The molecule has 3 rings (SSSR count). The summed E-state index contributed by atoms with van der Waals surface area (Å²) in [7, 11) is 0. The fraction of sp³-hybridized carbons (Fsp3) is 0.778. The van der Waals surface area contributed by atoms with Crippen LogP contribution in [0.5, 0.6) is 0 Å². The highest BCUT2D eigenvalue weighted by molar-refractivity contribution is 14.0.